The van der Waals surface area contributed by atoms with Gasteiger partial charge < -0.3 is 5.32 Å². The van der Waals surface area contributed by atoms with E-state index in [1.54, 1.807) is 11.3 Å². The summed E-state index contributed by atoms with van der Waals surface area (Å²) in [7, 11) is 0. The molecule has 2 aromatic heterocycles. The highest BCUT2D eigenvalue weighted by molar-refractivity contribution is 7.13. The fraction of sp³-hybridized carbons (Fsp3) is 0.615. The molecule has 2 rings (SSSR count). The van der Waals surface area contributed by atoms with Crippen LogP contribution in [0.25, 0.3) is 5.13 Å². The quantitative estimate of drug-likeness (QED) is 0.938. The lowest BCUT2D eigenvalue weighted by atomic mass is 10.1. The highest BCUT2D eigenvalue weighted by Gasteiger charge is 2.15. The lowest BCUT2D eigenvalue weighted by Gasteiger charge is -2.19. The maximum Gasteiger partial charge on any atom is 0.233 e. The van der Waals surface area contributed by atoms with Crippen LogP contribution in [0.4, 0.5) is 0 Å². The van der Waals surface area contributed by atoms with Crippen molar-refractivity contribution in [3.8, 4) is 5.13 Å². The van der Waals surface area contributed by atoms with Gasteiger partial charge in [-0.05, 0) is 47.1 Å². The molecular weight excluding hydrogens is 258 g/mol. The lowest BCUT2D eigenvalue weighted by molar-refractivity contribution is 0.423. The van der Waals surface area contributed by atoms with E-state index >= 15 is 0 Å². The van der Waals surface area contributed by atoms with Crippen LogP contribution < -0.4 is 5.32 Å². The van der Waals surface area contributed by atoms with Gasteiger partial charge in [0, 0.05) is 11.2 Å². The molecule has 0 aliphatic rings. The van der Waals surface area contributed by atoms with Crippen molar-refractivity contribution in [3.05, 3.63) is 22.0 Å². The molecule has 0 unspecified atom stereocenters. The molecule has 0 spiro atoms. The van der Waals surface area contributed by atoms with E-state index in [0.717, 1.165) is 28.1 Å². The van der Waals surface area contributed by atoms with Crippen LogP contribution in [0.15, 0.2) is 0 Å². The maximum atomic E-state index is 4.51. The Labute approximate surface area is 118 Å². The van der Waals surface area contributed by atoms with Crippen molar-refractivity contribution in [2.45, 2.75) is 53.6 Å². The second kappa shape index (κ2) is 5.02. The fourth-order valence-corrected chi connectivity index (χ4v) is 2.43. The lowest BCUT2D eigenvalue weighted by Crippen LogP contribution is -2.35. The highest BCUT2D eigenvalue weighted by Crippen LogP contribution is 2.20. The Kier molecular flexibility index (Phi) is 3.73. The van der Waals surface area contributed by atoms with Crippen LogP contribution in [0.5, 0.6) is 0 Å². The minimum absolute atomic E-state index is 0.0840. The standard InChI is InChI=1S/C13H21N5S/c1-8-9(2)17-18(10(8)3)12-16-15-11(19-12)7-14-13(4,5)6/h14H,7H2,1-6H3. The normalized spacial score (nSPS) is 12.1. The molecule has 104 valence electrons. The molecule has 0 aromatic carbocycles. The largest absolute Gasteiger partial charge is 0.306 e. The second-order valence-electron chi connectivity index (χ2n) is 5.79. The maximum absolute atomic E-state index is 4.51. The Hall–Kier alpha value is -1.27. The van der Waals surface area contributed by atoms with E-state index in [4.69, 9.17) is 0 Å². The molecule has 19 heavy (non-hydrogen) atoms. The first-order valence-corrected chi connectivity index (χ1v) is 7.20. The van der Waals surface area contributed by atoms with Gasteiger partial charge in [-0.2, -0.15) is 5.10 Å². The predicted octanol–water partition coefficient (Wildman–Crippen LogP) is 2.54. The minimum atomic E-state index is 0.0840. The SMILES string of the molecule is Cc1nn(-c2nnc(CNC(C)(C)C)s2)c(C)c1C. The van der Waals surface area contributed by atoms with E-state index in [-0.39, 0.29) is 5.54 Å². The van der Waals surface area contributed by atoms with Crippen molar-refractivity contribution in [3.63, 3.8) is 0 Å². The van der Waals surface area contributed by atoms with E-state index in [2.05, 4.69) is 55.2 Å². The van der Waals surface area contributed by atoms with Gasteiger partial charge in [0.1, 0.15) is 5.01 Å². The molecule has 6 heteroatoms. The number of nitrogens with zero attached hydrogens (tertiary/aromatic N) is 4. The predicted molar refractivity (Wildman–Crippen MR) is 77.8 cm³/mol. The third kappa shape index (κ3) is 3.19. The van der Waals surface area contributed by atoms with E-state index < -0.39 is 0 Å². The second-order valence-corrected chi connectivity index (χ2v) is 6.83. The summed E-state index contributed by atoms with van der Waals surface area (Å²) in [5, 5.41) is 18.2. The van der Waals surface area contributed by atoms with Gasteiger partial charge in [-0.3, -0.25) is 0 Å². The van der Waals surface area contributed by atoms with E-state index in [1.165, 1.54) is 5.56 Å². The molecule has 0 aliphatic carbocycles. The van der Waals surface area contributed by atoms with Crippen LogP contribution >= 0.6 is 11.3 Å². The van der Waals surface area contributed by atoms with Crippen LogP contribution in [0.2, 0.25) is 0 Å². The highest BCUT2D eigenvalue weighted by atomic mass is 32.1. The summed E-state index contributed by atoms with van der Waals surface area (Å²) in [4.78, 5) is 0. The van der Waals surface area contributed by atoms with Crippen molar-refractivity contribution in [1.29, 1.82) is 0 Å². The van der Waals surface area contributed by atoms with Gasteiger partial charge in [0.05, 0.1) is 12.2 Å². The molecule has 5 nitrogen and oxygen atoms in total. The van der Waals surface area contributed by atoms with Crippen LogP contribution in [-0.2, 0) is 6.54 Å². The van der Waals surface area contributed by atoms with Gasteiger partial charge in [0.2, 0.25) is 5.13 Å². The Morgan fingerprint density at radius 2 is 1.84 bits per heavy atom. The third-order valence-corrected chi connectivity index (χ3v) is 3.96. The van der Waals surface area contributed by atoms with E-state index in [0.29, 0.717) is 0 Å². The van der Waals surface area contributed by atoms with Gasteiger partial charge in [-0.25, -0.2) is 4.68 Å². The fourth-order valence-electron chi connectivity index (χ4n) is 1.65. The molecule has 0 amide bonds. The molecule has 0 saturated heterocycles. The van der Waals surface area contributed by atoms with E-state index in [9.17, 15) is 0 Å². The first kappa shape index (κ1) is 14.1. The molecular formula is C13H21N5S. The van der Waals surface area contributed by atoms with Crippen LogP contribution in [0.1, 0.15) is 42.7 Å². The van der Waals surface area contributed by atoms with Gasteiger partial charge in [0.25, 0.3) is 0 Å². The number of aromatic nitrogens is 4. The zero-order valence-electron chi connectivity index (χ0n) is 12.4. The third-order valence-electron chi connectivity index (χ3n) is 3.06. The molecule has 1 N–H and O–H groups in total. The van der Waals surface area contributed by atoms with Gasteiger partial charge >= 0.3 is 0 Å². The van der Waals surface area contributed by atoms with Crippen molar-refractivity contribution in [1.82, 2.24) is 25.3 Å². The van der Waals surface area contributed by atoms with Gasteiger partial charge in [-0.1, -0.05) is 11.3 Å². The summed E-state index contributed by atoms with van der Waals surface area (Å²) in [6, 6.07) is 0. The zero-order valence-corrected chi connectivity index (χ0v) is 13.2. The average Bonchev–Trinajstić information content (AvgIpc) is 2.87. The molecule has 0 aliphatic heterocycles. The summed E-state index contributed by atoms with van der Waals surface area (Å²) >= 11 is 1.58. The van der Waals surface area contributed by atoms with Gasteiger partial charge in [0.15, 0.2) is 0 Å². The van der Waals surface area contributed by atoms with Crippen molar-refractivity contribution < 1.29 is 0 Å². The zero-order chi connectivity index (χ0) is 14.2. The number of hydrogen-bond acceptors (Lipinski definition) is 5. The molecule has 0 bridgehead atoms. The Morgan fingerprint density at radius 3 is 2.37 bits per heavy atom. The number of nitrogens with one attached hydrogen (secondary N) is 1. The van der Waals surface area contributed by atoms with Crippen LogP contribution in [0.3, 0.4) is 0 Å². The average molecular weight is 279 g/mol. The summed E-state index contributed by atoms with van der Waals surface area (Å²) in [6.45, 7) is 13.3. The van der Waals surface area contributed by atoms with Crippen molar-refractivity contribution >= 4 is 11.3 Å². The molecule has 2 heterocycles. The molecule has 2 aromatic rings. The number of rotatable bonds is 3. The minimum Gasteiger partial charge on any atom is -0.306 e. The Balaban J connectivity index is 2.19. The monoisotopic (exact) mass is 279 g/mol. The molecule has 0 atom stereocenters. The first-order valence-electron chi connectivity index (χ1n) is 6.38. The molecule has 0 saturated carbocycles. The number of aryl methyl sites for hydroxylation is 1. The Bertz CT molecular complexity index is 576. The Morgan fingerprint density at radius 1 is 1.16 bits per heavy atom. The van der Waals surface area contributed by atoms with Crippen LogP contribution in [0, 0.1) is 20.8 Å². The summed E-state index contributed by atoms with van der Waals surface area (Å²) < 4.78 is 1.88. The van der Waals surface area contributed by atoms with Gasteiger partial charge in [-0.15, -0.1) is 10.2 Å². The van der Waals surface area contributed by atoms with E-state index in [1.807, 2.05) is 11.6 Å². The summed E-state index contributed by atoms with van der Waals surface area (Å²) in [5.74, 6) is 0. The topological polar surface area (TPSA) is 55.6 Å². The first-order chi connectivity index (χ1) is 8.78. The van der Waals surface area contributed by atoms with Crippen molar-refractivity contribution in [2.75, 3.05) is 0 Å². The summed E-state index contributed by atoms with van der Waals surface area (Å²) in [6.07, 6.45) is 0. The summed E-state index contributed by atoms with van der Waals surface area (Å²) in [5.41, 5.74) is 3.47. The number of hydrogen-bond donors (Lipinski definition) is 1. The molecule has 0 radical (unpaired) electrons. The van der Waals surface area contributed by atoms with Crippen LogP contribution in [-0.4, -0.2) is 25.5 Å². The van der Waals surface area contributed by atoms with Crippen molar-refractivity contribution in [2.24, 2.45) is 0 Å². The smallest absolute Gasteiger partial charge is 0.233 e. The molecule has 0 fully saturated rings.